The number of hydrogen-bond donors (Lipinski definition) is 0. The molecule has 26 heavy (non-hydrogen) atoms. The Kier molecular flexibility index (Phi) is 4.44. The summed E-state index contributed by atoms with van der Waals surface area (Å²) in [6, 6.07) is 6.53. The first-order chi connectivity index (χ1) is 12.5. The van der Waals surface area contributed by atoms with Crippen molar-refractivity contribution < 1.29 is 9.18 Å². The molecule has 0 atom stereocenters. The van der Waals surface area contributed by atoms with Crippen molar-refractivity contribution in [1.29, 1.82) is 0 Å². The van der Waals surface area contributed by atoms with Crippen molar-refractivity contribution in [2.45, 2.75) is 45.6 Å². The largest absolute Gasteiger partial charge is 0.300 e. The van der Waals surface area contributed by atoms with Gasteiger partial charge in [-0.1, -0.05) is 18.2 Å². The van der Waals surface area contributed by atoms with Gasteiger partial charge in [0.25, 0.3) is 5.56 Å². The maximum absolute atomic E-state index is 14.1. The highest BCUT2D eigenvalue weighted by atomic mass is 32.1. The predicted molar refractivity (Wildman–Crippen MR) is 100 cm³/mol. The van der Waals surface area contributed by atoms with Gasteiger partial charge < -0.3 is 0 Å². The van der Waals surface area contributed by atoms with E-state index in [4.69, 9.17) is 4.98 Å². The van der Waals surface area contributed by atoms with Gasteiger partial charge in [0.2, 0.25) is 0 Å². The number of halogens is 1. The summed E-state index contributed by atoms with van der Waals surface area (Å²) in [5.74, 6) is 0.229. The summed E-state index contributed by atoms with van der Waals surface area (Å²) in [6.45, 7) is 1.79. The molecule has 1 aliphatic carbocycles. The molecule has 4 nitrogen and oxygen atoms in total. The Morgan fingerprint density at radius 3 is 2.88 bits per heavy atom. The van der Waals surface area contributed by atoms with Crippen molar-refractivity contribution in [3.8, 4) is 0 Å². The van der Waals surface area contributed by atoms with Gasteiger partial charge in [-0.2, -0.15) is 0 Å². The molecule has 0 radical (unpaired) electrons. The SMILES string of the molecule is CC(=O)CCn1c(Cc2ccccc2F)nc2sc3c(c2c1=O)CCC3. The summed E-state index contributed by atoms with van der Waals surface area (Å²) in [6.07, 6.45) is 3.47. The van der Waals surface area contributed by atoms with Crippen LogP contribution in [0.25, 0.3) is 10.2 Å². The number of aryl methyl sites for hydroxylation is 2. The van der Waals surface area contributed by atoms with Crippen LogP contribution in [0.3, 0.4) is 0 Å². The van der Waals surface area contributed by atoms with E-state index in [0.29, 0.717) is 16.8 Å². The molecule has 6 heteroatoms. The van der Waals surface area contributed by atoms with E-state index >= 15 is 0 Å². The first-order valence-electron chi connectivity index (χ1n) is 8.81. The second-order valence-corrected chi connectivity index (χ2v) is 7.83. The lowest BCUT2D eigenvalue weighted by molar-refractivity contribution is -0.117. The standard InChI is InChI=1S/C20H19FN2O2S/c1-12(24)9-10-23-17(11-13-5-2-3-7-15(13)21)22-19-18(20(23)25)14-6-4-8-16(14)26-19/h2-3,5,7H,4,6,8-11H2,1H3. The van der Waals surface area contributed by atoms with Crippen LogP contribution in [0.15, 0.2) is 29.1 Å². The first kappa shape index (κ1) is 17.1. The molecule has 0 aliphatic heterocycles. The highest BCUT2D eigenvalue weighted by molar-refractivity contribution is 7.18. The van der Waals surface area contributed by atoms with Gasteiger partial charge in [0.05, 0.1) is 5.39 Å². The van der Waals surface area contributed by atoms with Crippen molar-refractivity contribution >= 4 is 27.3 Å². The number of carbonyl (C=O) groups is 1. The normalized spacial score (nSPS) is 13.3. The van der Waals surface area contributed by atoms with E-state index in [1.807, 2.05) is 0 Å². The molecule has 1 aliphatic rings. The molecule has 2 aromatic heterocycles. The lowest BCUT2D eigenvalue weighted by Gasteiger charge is -2.13. The third-order valence-electron chi connectivity index (χ3n) is 4.90. The van der Waals surface area contributed by atoms with E-state index in [-0.39, 0.29) is 36.5 Å². The molecule has 0 spiro atoms. The quantitative estimate of drug-likeness (QED) is 0.689. The maximum atomic E-state index is 14.1. The van der Waals surface area contributed by atoms with Crippen LogP contribution in [-0.4, -0.2) is 15.3 Å². The third kappa shape index (κ3) is 2.98. The minimum atomic E-state index is -0.311. The lowest BCUT2D eigenvalue weighted by Crippen LogP contribution is -2.26. The van der Waals surface area contributed by atoms with Gasteiger partial charge in [-0.3, -0.25) is 14.2 Å². The molecule has 0 saturated carbocycles. The number of ketones is 1. The topological polar surface area (TPSA) is 52.0 Å². The zero-order chi connectivity index (χ0) is 18.3. The lowest BCUT2D eigenvalue weighted by atomic mass is 10.1. The summed E-state index contributed by atoms with van der Waals surface area (Å²) < 4.78 is 15.7. The number of rotatable bonds is 5. The monoisotopic (exact) mass is 370 g/mol. The first-order valence-corrected chi connectivity index (χ1v) is 9.63. The van der Waals surface area contributed by atoms with Crippen LogP contribution in [0.4, 0.5) is 4.39 Å². The van der Waals surface area contributed by atoms with Crippen molar-refractivity contribution in [2.75, 3.05) is 0 Å². The minimum absolute atomic E-state index is 0.0180. The summed E-state index contributed by atoms with van der Waals surface area (Å²) in [7, 11) is 0. The highest BCUT2D eigenvalue weighted by Gasteiger charge is 2.23. The molecule has 4 rings (SSSR count). The average molecular weight is 370 g/mol. The molecule has 2 heterocycles. The van der Waals surface area contributed by atoms with Crippen LogP contribution in [0.2, 0.25) is 0 Å². The molecule has 134 valence electrons. The Morgan fingerprint density at radius 1 is 1.31 bits per heavy atom. The molecule has 1 aromatic carbocycles. The van der Waals surface area contributed by atoms with E-state index in [1.54, 1.807) is 34.1 Å². The Morgan fingerprint density at radius 2 is 2.12 bits per heavy atom. The number of carbonyl (C=O) groups excluding carboxylic acids is 1. The second-order valence-electron chi connectivity index (χ2n) is 6.74. The maximum Gasteiger partial charge on any atom is 0.262 e. The highest BCUT2D eigenvalue weighted by Crippen LogP contribution is 2.35. The van der Waals surface area contributed by atoms with Crippen LogP contribution < -0.4 is 5.56 Å². The Labute approximate surface area is 154 Å². The van der Waals surface area contributed by atoms with Gasteiger partial charge in [-0.05, 0) is 43.4 Å². The fourth-order valence-electron chi connectivity index (χ4n) is 3.57. The minimum Gasteiger partial charge on any atom is -0.300 e. The van der Waals surface area contributed by atoms with Gasteiger partial charge >= 0.3 is 0 Å². The number of nitrogens with zero attached hydrogens (tertiary/aromatic N) is 2. The number of hydrogen-bond acceptors (Lipinski definition) is 4. The zero-order valence-electron chi connectivity index (χ0n) is 14.5. The van der Waals surface area contributed by atoms with Gasteiger partial charge in [0, 0.05) is 24.3 Å². The number of benzene rings is 1. The third-order valence-corrected chi connectivity index (χ3v) is 6.08. The van der Waals surface area contributed by atoms with E-state index in [9.17, 15) is 14.0 Å². The Bertz CT molecular complexity index is 1070. The van der Waals surface area contributed by atoms with E-state index in [2.05, 4.69) is 0 Å². The van der Waals surface area contributed by atoms with Crippen molar-refractivity contribution in [1.82, 2.24) is 9.55 Å². The van der Waals surface area contributed by atoms with Gasteiger partial charge in [-0.15, -0.1) is 11.3 Å². The van der Waals surface area contributed by atoms with Crippen molar-refractivity contribution in [2.24, 2.45) is 0 Å². The molecule has 0 bridgehead atoms. The average Bonchev–Trinajstić information content (AvgIpc) is 3.16. The van der Waals surface area contributed by atoms with E-state index in [0.717, 1.165) is 29.7 Å². The number of Topliss-reactive ketones (excluding diaryl/α,β-unsaturated/α-hetero) is 1. The van der Waals surface area contributed by atoms with Crippen LogP contribution in [-0.2, 0) is 30.6 Å². The van der Waals surface area contributed by atoms with E-state index in [1.165, 1.54) is 17.9 Å². The molecule has 0 unspecified atom stereocenters. The zero-order valence-corrected chi connectivity index (χ0v) is 15.4. The van der Waals surface area contributed by atoms with E-state index < -0.39 is 0 Å². The number of fused-ring (bicyclic) bond motifs is 3. The summed E-state index contributed by atoms with van der Waals surface area (Å²) in [4.78, 5) is 31.3. The predicted octanol–water partition coefficient (Wildman–Crippen LogP) is 3.66. The van der Waals surface area contributed by atoms with Gasteiger partial charge in [0.15, 0.2) is 0 Å². The molecule has 0 fully saturated rings. The Balaban J connectivity index is 1.87. The fourth-order valence-corrected chi connectivity index (χ4v) is 4.84. The van der Waals surface area contributed by atoms with Crippen LogP contribution >= 0.6 is 11.3 Å². The molecule has 0 amide bonds. The molecule has 3 aromatic rings. The number of aromatic nitrogens is 2. The van der Waals surface area contributed by atoms with Gasteiger partial charge in [0.1, 0.15) is 22.3 Å². The fraction of sp³-hybridized carbons (Fsp3) is 0.350. The smallest absolute Gasteiger partial charge is 0.262 e. The molecular formula is C20H19FN2O2S. The van der Waals surface area contributed by atoms with Crippen molar-refractivity contribution in [3.63, 3.8) is 0 Å². The van der Waals surface area contributed by atoms with Crippen LogP contribution in [0, 0.1) is 5.82 Å². The Hall–Kier alpha value is -2.34. The molecular weight excluding hydrogens is 351 g/mol. The van der Waals surface area contributed by atoms with Gasteiger partial charge in [-0.25, -0.2) is 9.37 Å². The number of thiophene rings is 1. The summed E-state index contributed by atoms with van der Waals surface area (Å²) in [5.41, 5.74) is 1.53. The van der Waals surface area contributed by atoms with Crippen LogP contribution in [0.1, 0.15) is 41.6 Å². The molecule has 0 N–H and O–H groups in total. The second kappa shape index (κ2) is 6.76. The summed E-state index contributed by atoms with van der Waals surface area (Å²) >= 11 is 1.58. The summed E-state index contributed by atoms with van der Waals surface area (Å²) in [5, 5.41) is 0.698. The van der Waals surface area contributed by atoms with Crippen LogP contribution in [0.5, 0.6) is 0 Å². The molecule has 0 saturated heterocycles. The van der Waals surface area contributed by atoms with Crippen molar-refractivity contribution in [3.05, 3.63) is 62.3 Å².